The Morgan fingerprint density at radius 2 is 1.94 bits per heavy atom. The molecule has 1 N–H and O–H groups in total. The number of anilines is 1. The molecule has 0 fully saturated rings. The normalized spacial score (nSPS) is 10.9. The zero-order chi connectivity index (χ0) is 25.4. The summed E-state index contributed by atoms with van der Waals surface area (Å²) in [6.07, 6.45) is 1.35. The minimum Gasteiger partial charge on any atom is -0.490 e. The number of nitrogens with one attached hydrogen (secondary N) is 1. The number of halogens is 1. The average molecular weight is 492 g/mol. The predicted octanol–water partition coefficient (Wildman–Crippen LogP) is 6.08. The summed E-state index contributed by atoms with van der Waals surface area (Å²) in [6.45, 7) is 4.44. The van der Waals surface area contributed by atoms with Crippen LogP contribution >= 0.6 is 11.6 Å². The lowest BCUT2D eigenvalue weighted by Gasteiger charge is -2.15. The Morgan fingerprint density at radius 3 is 2.63 bits per heavy atom. The predicted molar refractivity (Wildman–Crippen MR) is 133 cm³/mol. The number of nitro groups is 1. The molecule has 0 unspecified atom stereocenters. The lowest BCUT2D eigenvalue weighted by atomic mass is 10.1. The third kappa shape index (κ3) is 6.59. The number of aryl methyl sites for hydroxylation is 1. The SMILES string of the molecule is CCOc1cc(/C=C(\C#N)C(=O)Nc2cccc([N+](=O)[O-])c2)cc(Cl)c1OCc1ccccc1C. The van der Waals surface area contributed by atoms with Crippen molar-refractivity contribution in [2.75, 3.05) is 11.9 Å². The van der Waals surface area contributed by atoms with E-state index in [1.54, 1.807) is 12.1 Å². The van der Waals surface area contributed by atoms with E-state index < -0.39 is 10.8 Å². The van der Waals surface area contributed by atoms with Gasteiger partial charge in [0.2, 0.25) is 0 Å². The van der Waals surface area contributed by atoms with Gasteiger partial charge in [0.05, 0.1) is 16.6 Å². The van der Waals surface area contributed by atoms with Crippen LogP contribution in [0.4, 0.5) is 11.4 Å². The molecule has 0 radical (unpaired) electrons. The number of carbonyl (C=O) groups is 1. The molecule has 0 aliphatic rings. The first kappa shape index (κ1) is 25.3. The van der Waals surface area contributed by atoms with Crippen molar-refractivity contribution in [3.63, 3.8) is 0 Å². The van der Waals surface area contributed by atoms with Gasteiger partial charge >= 0.3 is 0 Å². The van der Waals surface area contributed by atoms with Crippen molar-refractivity contribution in [2.24, 2.45) is 0 Å². The molecule has 0 heterocycles. The number of benzene rings is 3. The summed E-state index contributed by atoms with van der Waals surface area (Å²) in [5.41, 5.74) is 2.32. The summed E-state index contributed by atoms with van der Waals surface area (Å²) in [6, 6.07) is 18.3. The van der Waals surface area contributed by atoms with E-state index in [1.807, 2.05) is 44.2 Å². The van der Waals surface area contributed by atoms with Crippen LogP contribution in [0.15, 0.2) is 66.2 Å². The van der Waals surface area contributed by atoms with Crippen LogP contribution in [0.3, 0.4) is 0 Å². The van der Waals surface area contributed by atoms with E-state index in [-0.39, 0.29) is 28.6 Å². The molecule has 0 aliphatic carbocycles. The molecule has 0 aliphatic heterocycles. The van der Waals surface area contributed by atoms with Gasteiger partial charge in [0.1, 0.15) is 18.2 Å². The molecule has 3 aromatic carbocycles. The highest BCUT2D eigenvalue weighted by Crippen LogP contribution is 2.38. The minimum absolute atomic E-state index is 0.181. The molecule has 0 aromatic heterocycles. The van der Waals surface area contributed by atoms with E-state index in [9.17, 15) is 20.2 Å². The van der Waals surface area contributed by atoms with Crippen LogP contribution in [0.1, 0.15) is 23.6 Å². The first-order valence-electron chi connectivity index (χ1n) is 10.6. The Labute approximate surface area is 207 Å². The van der Waals surface area contributed by atoms with Crippen LogP contribution in [-0.2, 0) is 11.4 Å². The van der Waals surface area contributed by atoms with Crippen molar-refractivity contribution in [1.82, 2.24) is 0 Å². The average Bonchev–Trinajstić information content (AvgIpc) is 2.83. The Balaban J connectivity index is 1.85. The van der Waals surface area contributed by atoms with E-state index >= 15 is 0 Å². The van der Waals surface area contributed by atoms with Gasteiger partial charge in [-0.1, -0.05) is 41.9 Å². The minimum atomic E-state index is -0.720. The van der Waals surface area contributed by atoms with Gasteiger partial charge in [0, 0.05) is 17.8 Å². The van der Waals surface area contributed by atoms with E-state index in [2.05, 4.69) is 5.32 Å². The van der Waals surface area contributed by atoms with Crippen molar-refractivity contribution < 1.29 is 19.2 Å². The second kappa shape index (κ2) is 11.7. The van der Waals surface area contributed by atoms with Crippen LogP contribution in [0.2, 0.25) is 5.02 Å². The lowest BCUT2D eigenvalue weighted by Crippen LogP contribution is -2.13. The smallest absolute Gasteiger partial charge is 0.271 e. The molecule has 3 aromatic rings. The topological polar surface area (TPSA) is 114 Å². The number of nitro benzene ring substituents is 1. The molecule has 8 nitrogen and oxygen atoms in total. The van der Waals surface area contributed by atoms with Gasteiger partial charge in [-0.3, -0.25) is 14.9 Å². The first-order valence-corrected chi connectivity index (χ1v) is 11.0. The van der Waals surface area contributed by atoms with Gasteiger partial charge in [0.25, 0.3) is 11.6 Å². The molecule has 9 heteroatoms. The highest BCUT2D eigenvalue weighted by atomic mass is 35.5. The first-order chi connectivity index (χ1) is 16.8. The van der Waals surface area contributed by atoms with Gasteiger partial charge < -0.3 is 14.8 Å². The Hall–Kier alpha value is -4.35. The van der Waals surface area contributed by atoms with Gasteiger partial charge in [-0.05, 0) is 54.8 Å². The third-order valence-corrected chi connectivity index (χ3v) is 5.24. The third-order valence-electron chi connectivity index (χ3n) is 4.96. The molecule has 0 atom stereocenters. The van der Waals surface area contributed by atoms with Gasteiger partial charge in [0.15, 0.2) is 11.5 Å². The van der Waals surface area contributed by atoms with E-state index in [0.29, 0.717) is 23.7 Å². The summed E-state index contributed by atoms with van der Waals surface area (Å²) in [4.78, 5) is 23.0. The van der Waals surface area contributed by atoms with Crippen molar-refractivity contribution in [3.8, 4) is 17.6 Å². The maximum absolute atomic E-state index is 12.6. The second-order valence-electron chi connectivity index (χ2n) is 7.41. The molecule has 1 amide bonds. The van der Waals surface area contributed by atoms with Crippen molar-refractivity contribution >= 4 is 35.0 Å². The number of hydrogen-bond donors (Lipinski definition) is 1. The lowest BCUT2D eigenvalue weighted by molar-refractivity contribution is -0.384. The van der Waals surface area contributed by atoms with E-state index in [4.69, 9.17) is 21.1 Å². The fourth-order valence-electron chi connectivity index (χ4n) is 3.21. The number of nitrogens with zero attached hydrogens (tertiary/aromatic N) is 2. The van der Waals surface area contributed by atoms with Crippen molar-refractivity contribution in [3.05, 3.63) is 98.1 Å². The van der Waals surface area contributed by atoms with Crippen LogP contribution in [0.25, 0.3) is 6.08 Å². The number of carbonyl (C=O) groups excluding carboxylic acids is 1. The summed E-state index contributed by atoms with van der Waals surface area (Å²) < 4.78 is 11.7. The Morgan fingerprint density at radius 1 is 1.17 bits per heavy atom. The maximum atomic E-state index is 12.6. The number of amides is 1. The number of nitriles is 1. The van der Waals surface area contributed by atoms with Crippen LogP contribution in [-0.4, -0.2) is 17.4 Å². The number of ether oxygens (including phenoxy) is 2. The van der Waals surface area contributed by atoms with Crippen molar-refractivity contribution in [1.29, 1.82) is 5.26 Å². The van der Waals surface area contributed by atoms with E-state index in [1.165, 1.54) is 30.3 Å². The number of non-ortho nitro benzene ring substituents is 1. The van der Waals surface area contributed by atoms with Gasteiger partial charge in [-0.25, -0.2) is 0 Å². The quantitative estimate of drug-likeness (QED) is 0.168. The molecule has 0 spiro atoms. The Kier molecular flexibility index (Phi) is 8.43. The summed E-state index contributed by atoms with van der Waals surface area (Å²) in [5, 5.41) is 23.2. The fraction of sp³-hybridized carbons (Fsp3) is 0.154. The van der Waals surface area contributed by atoms with Crippen LogP contribution < -0.4 is 14.8 Å². The van der Waals surface area contributed by atoms with Gasteiger partial charge in [-0.2, -0.15) is 5.26 Å². The number of rotatable bonds is 9. The summed E-state index contributed by atoms with van der Waals surface area (Å²) in [7, 11) is 0. The largest absolute Gasteiger partial charge is 0.490 e. The highest BCUT2D eigenvalue weighted by Gasteiger charge is 2.16. The molecular weight excluding hydrogens is 470 g/mol. The molecule has 3 rings (SSSR count). The maximum Gasteiger partial charge on any atom is 0.271 e. The standard InChI is InChI=1S/C26H22ClN3O5/c1-3-34-24-13-18(12-23(27)25(24)35-16-19-8-5-4-7-17(19)2)11-20(15-28)26(31)29-21-9-6-10-22(14-21)30(32)33/h4-14H,3,16H2,1-2H3,(H,29,31)/b20-11+. The zero-order valence-corrected chi connectivity index (χ0v) is 19.8. The molecule has 35 heavy (non-hydrogen) atoms. The molecule has 0 bridgehead atoms. The molecule has 0 saturated carbocycles. The monoisotopic (exact) mass is 491 g/mol. The molecule has 178 valence electrons. The molecular formula is C26H22ClN3O5. The van der Waals surface area contributed by atoms with Gasteiger partial charge in [-0.15, -0.1) is 0 Å². The summed E-state index contributed by atoms with van der Waals surface area (Å²) >= 11 is 6.48. The second-order valence-corrected chi connectivity index (χ2v) is 7.82. The zero-order valence-electron chi connectivity index (χ0n) is 19.1. The van der Waals surface area contributed by atoms with Crippen LogP contribution in [0.5, 0.6) is 11.5 Å². The Bertz CT molecular complexity index is 1330. The highest BCUT2D eigenvalue weighted by molar-refractivity contribution is 6.32. The summed E-state index contributed by atoms with van der Waals surface area (Å²) in [5.74, 6) is 0.00616. The van der Waals surface area contributed by atoms with E-state index in [0.717, 1.165) is 11.1 Å². The number of hydrogen-bond acceptors (Lipinski definition) is 6. The fourth-order valence-corrected chi connectivity index (χ4v) is 3.48. The van der Waals surface area contributed by atoms with Crippen LogP contribution in [0, 0.1) is 28.4 Å². The van der Waals surface area contributed by atoms with Crippen molar-refractivity contribution in [2.45, 2.75) is 20.5 Å². The molecule has 0 saturated heterocycles.